The standard InChI is InChI=1S/C8H6F10O/c1-5(11,12)7(15,16)8(17,18)6(13,14)3(9)4(10)19-2/h1-2H3/b4-3+. The molecular formula is C8H6F10O. The number of ether oxygens (including phenoxy) is 1. The molecule has 0 aromatic rings. The van der Waals surface area contributed by atoms with Crippen LogP contribution in [-0.2, 0) is 4.74 Å². The van der Waals surface area contributed by atoms with Crippen LogP contribution < -0.4 is 0 Å². The molecule has 0 saturated heterocycles. The normalized spacial score (nSPS) is 16.2. The number of rotatable bonds is 5. The lowest BCUT2D eigenvalue weighted by atomic mass is 9.99. The minimum atomic E-state index is -6.89. The number of methoxy groups -OCH3 is 1. The molecule has 0 N–H and O–H groups in total. The summed E-state index contributed by atoms with van der Waals surface area (Å²) in [5, 5.41) is 0. The monoisotopic (exact) mass is 308 g/mol. The molecule has 1 nitrogen and oxygen atoms in total. The third-order valence-electron chi connectivity index (χ3n) is 1.97. The zero-order chi connectivity index (χ0) is 15.9. The van der Waals surface area contributed by atoms with E-state index in [1.807, 2.05) is 0 Å². The molecular weight excluding hydrogens is 302 g/mol. The van der Waals surface area contributed by atoms with Crippen molar-refractivity contribution in [1.82, 2.24) is 0 Å². The van der Waals surface area contributed by atoms with Gasteiger partial charge in [0.15, 0.2) is 0 Å². The third-order valence-corrected chi connectivity index (χ3v) is 1.97. The molecule has 19 heavy (non-hydrogen) atoms. The molecule has 0 aromatic carbocycles. The molecule has 0 atom stereocenters. The number of alkyl halides is 8. The highest BCUT2D eigenvalue weighted by Gasteiger charge is 2.81. The predicted molar refractivity (Wildman–Crippen MR) is 41.7 cm³/mol. The number of allylic oxidation sites excluding steroid dienone is 1. The Morgan fingerprint density at radius 3 is 1.42 bits per heavy atom. The van der Waals surface area contributed by atoms with Gasteiger partial charge in [-0.05, 0) is 0 Å². The summed E-state index contributed by atoms with van der Waals surface area (Å²) in [6.45, 7) is -0.773. The Kier molecular flexibility index (Phi) is 4.46. The van der Waals surface area contributed by atoms with Crippen molar-refractivity contribution in [3.63, 3.8) is 0 Å². The second-order valence-electron chi connectivity index (χ2n) is 3.40. The topological polar surface area (TPSA) is 9.23 Å². The minimum Gasteiger partial charge on any atom is -0.472 e. The predicted octanol–water partition coefficient (Wildman–Crippen LogP) is 4.30. The molecule has 0 heterocycles. The lowest BCUT2D eigenvalue weighted by molar-refractivity contribution is -0.356. The molecule has 11 heteroatoms. The lowest BCUT2D eigenvalue weighted by Crippen LogP contribution is -2.61. The summed E-state index contributed by atoms with van der Waals surface area (Å²) in [5.41, 5.74) is 0. The van der Waals surface area contributed by atoms with Crippen molar-refractivity contribution in [3.05, 3.63) is 11.8 Å². The van der Waals surface area contributed by atoms with Crippen LogP contribution in [0.4, 0.5) is 43.9 Å². The van der Waals surface area contributed by atoms with Crippen LogP contribution >= 0.6 is 0 Å². The van der Waals surface area contributed by atoms with Crippen molar-refractivity contribution < 1.29 is 48.6 Å². The summed E-state index contributed by atoms with van der Waals surface area (Å²) in [6.07, 6.45) is 0. The summed E-state index contributed by atoms with van der Waals surface area (Å²) in [6, 6.07) is -2.93. The zero-order valence-electron chi connectivity index (χ0n) is 9.19. The van der Waals surface area contributed by atoms with Gasteiger partial charge >= 0.3 is 29.7 Å². The van der Waals surface area contributed by atoms with E-state index in [2.05, 4.69) is 4.74 Å². The quantitative estimate of drug-likeness (QED) is 0.543. The average Bonchev–Trinajstić information content (AvgIpc) is 2.24. The molecule has 0 spiro atoms. The van der Waals surface area contributed by atoms with Crippen LogP contribution in [0.5, 0.6) is 0 Å². The lowest BCUT2D eigenvalue weighted by Gasteiger charge is -2.34. The van der Waals surface area contributed by atoms with Gasteiger partial charge in [-0.15, -0.1) is 0 Å². The maximum atomic E-state index is 12.7. The van der Waals surface area contributed by atoms with E-state index in [0.29, 0.717) is 0 Å². The van der Waals surface area contributed by atoms with Gasteiger partial charge in [-0.2, -0.15) is 43.9 Å². The molecule has 0 aromatic heterocycles. The van der Waals surface area contributed by atoms with Crippen LogP contribution in [0.15, 0.2) is 11.8 Å². The SMILES string of the molecule is CO/C(F)=C(/F)C(F)(F)C(F)(F)C(F)(F)C(C)(F)F. The van der Waals surface area contributed by atoms with Gasteiger partial charge in [-0.25, -0.2) is 0 Å². The first kappa shape index (κ1) is 17.8. The van der Waals surface area contributed by atoms with E-state index in [4.69, 9.17) is 0 Å². The van der Waals surface area contributed by atoms with E-state index in [0.717, 1.165) is 0 Å². The molecule has 0 saturated carbocycles. The highest BCUT2D eigenvalue weighted by Crippen LogP contribution is 2.55. The summed E-state index contributed by atoms with van der Waals surface area (Å²) >= 11 is 0. The van der Waals surface area contributed by atoms with Crippen LogP contribution in [0.3, 0.4) is 0 Å². The molecule has 0 rings (SSSR count). The first-order valence-electron chi connectivity index (χ1n) is 4.25. The third kappa shape index (κ3) is 2.59. The van der Waals surface area contributed by atoms with E-state index in [1.54, 1.807) is 0 Å². The van der Waals surface area contributed by atoms with Gasteiger partial charge in [0.25, 0.3) is 0 Å². The van der Waals surface area contributed by atoms with E-state index in [1.165, 1.54) is 0 Å². The van der Waals surface area contributed by atoms with Crippen molar-refractivity contribution in [2.24, 2.45) is 0 Å². The second-order valence-corrected chi connectivity index (χ2v) is 3.40. The molecule has 0 unspecified atom stereocenters. The fraction of sp³-hybridized carbons (Fsp3) is 0.750. The Morgan fingerprint density at radius 1 is 0.789 bits per heavy atom. The van der Waals surface area contributed by atoms with Crippen LogP contribution in [0.2, 0.25) is 0 Å². The molecule has 0 aliphatic carbocycles. The van der Waals surface area contributed by atoms with Crippen molar-refractivity contribution in [1.29, 1.82) is 0 Å². The molecule has 0 aliphatic rings. The van der Waals surface area contributed by atoms with Crippen molar-refractivity contribution in [2.75, 3.05) is 7.11 Å². The summed E-state index contributed by atoms with van der Waals surface area (Å²) in [7, 11) is 0.232. The molecule has 0 bridgehead atoms. The van der Waals surface area contributed by atoms with E-state index < -0.39 is 42.5 Å². The van der Waals surface area contributed by atoms with Crippen LogP contribution in [0.1, 0.15) is 6.92 Å². The smallest absolute Gasteiger partial charge is 0.385 e. The minimum absolute atomic E-state index is 0.232. The largest absolute Gasteiger partial charge is 0.472 e. The van der Waals surface area contributed by atoms with Crippen LogP contribution in [-0.4, -0.2) is 30.8 Å². The number of hydrogen-bond donors (Lipinski definition) is 0. The van der Waals surface area contributed by atoms with Gasteiger partial charge < -0.3 is 4.74 Å². The van der Waals surface area contributed by atoms with Gasteiger partial charge in [0.1, 0.15) is 0 Å². The Hall–Kier alpha value is -1.16. The van der Waals surface area contributed by atoms with Gasteiger partial charge in [-0.1, -0.05) is 0 Å². The highest BCUT2D eigenvalue weighted by molar-refractivity contribution is 5.16. The van der Waals surface area contributed by atoms with Crippen LogP contribution in [0.25, 0.3) is 0 Å². The molecule has 0 aliphatic heterocycles. The maximum absolute atomic E-state index is 12.7. The van der Waals surface area contributed by atoms with E-state index in [9.17, 15) is 43.9 Å². The van der Waals surface area contributed by atoms with E-state index >= 15 is 0 Å². The fourth-order valence-corrected chi connectivity index (χ4v) is 0.824. The van der Waals surface area contributed by atoms with Gasteiger partial charge in [0.2, 0.25) is 5.83 Å². The van der Waals surface area contributed by atoms with E-state index in [-0.39, 0.29) is 7.11 Å². The zero-order valence-corrected chi connectivity index (χ0v) is 9.19. The Morgan fingerprint density at radius 2 is 1.16 bits per heavy atom. The number of hydrogen-bond acceptors (Lipinski definition) is 1. The van der Waals surface area contributed by atoms with Crippen molar-refractivity contribution in [2.45, 2.75) is 30.6 Å². The Labute approximate surface area is 99.4 Å². The summed E-state index contributed by atoms with van der Waals surface area (Å²) in [5.74, 6) is -29.4. The highest BCUT2D eigenvalue weighted by atomic mass is 19.4. The summed E-state index contributed by atoms with van der Waals surface area (Å²) < 4.78 is 129. The van der Waals surface area contributed by atoms with Gasteiger partial charge in [-0.3, -0.25) is 0 Å². The maximum Gasteiger partial charge on any atom is 0.385 e. The number of halogens is 10. The molecule has 0 fully saturated rings. The Bertz CT molecular complexity index is 366. The first-order chi connectivity index (χ1) is 8.14. The van der Waals surface area contributed by atoms with Crippen LogP contribution in [0, 0.1) is 0 Å². The van der Waals surface area contributed by atoms with Crippen molar-refractivity contribution >= 4 is 0 Å². The summed E-state index contributed by atoms with van der Waals surface area (Å²) in [4.78, 5) is 0. The fourth-order valence-electron chi connectivity index (χ4n) is 0.824. The first-order valence-corrected chi connectivity index (χ1v) is 4.25. The van der Waals surface area contributed by atoms with Gasteiger partial charge in [0, 0.05) is 6.92 Å². The second kappa shape index (κ2) is 4.75. The van der Waals surface area contributed by atoms with Crippen molar-refractivity contribution in [3.8, 4) is 0 Å². The molecule has 0 radical (unpaired) electrons. The average molecular weight is 308 g/mol. The molecule has 0 amide bonds. The van der Waals surface area contributed by atoms with Gasteiger partial charge in [0.05, 0.1) is 7.11 Å². The Balaban J connectivity index is 5.92. The molecule has 114 valence electrons.